The van der Waals surface area contributed by atoms with Gasteiger partial charge in [-0.2, -0.15) is 0 Å². The molecular formula is C54H34N2O. The van der Waals surface area contributed by atoms with Gasteiger partial charge < -0.3 is 9.72 Å². The normalized spacial score (nSPS) is 16.9. The average molecular weight is 727 g/mol. The summed E-state index contributed by atoms with van der Waals surface area (Å²) < 4.78 is 5.67. The van der Waals surface area contributed by atoms with Crippen molar-refractivity contribution in [1.29, 1.82) is 0 Å². The quantitative estimate of drug-likeness (QED) is 0.193. The van der Waals surface area contributed by atoms with Crippen molar-refractivity contribution >= 4 is 11.3 Å². The highest BCUT2D eigenvalue weighted by Crippen LogP contribution is 2.64. The zero-order valence-corrected chi connectivity index (χ0v) is 31.2. The summed E-state index contributed by atoms with van der Waals surface area (Å²) in [5.41, 5.74) is 23.5. The van der Waals surface area contributed by atoms with Gasteiger partial charge in [0.15, 0.2) is 0 Å². The van der Waals surface area contributed by atoms with Crippen LogP contribution >= 0.6 is 0 Å². The molecule has 0 saturated heterocycles. The second-order valence-electron chi connectivity index (χ2n) is 15.8. The summed E-state index contributed by atoms with van der Waals surface area (Å²) in [7, 11) is 1.72. The Morgan fingerprint density at radius 1 is 0.474 bits per heavy atom. The fourth-order valence-corrected chi connectivity index (χ4v) is 11.3. The number of aromatic nitrogens is 1. The van der Waals surface area contributed by atoms with Gasteiger partial charge in [0.2, 0.25) is 0 Å². The molecule has 0 fully saturated rings. The van der Waals surface area contributed by atoms with Crippen molar-refractivity contribution in [2.75, 3.05) is 7.11 Å². The topological polar surface area (TPSA) is 37.4 Å². The van der Waals surface area contributed by atoms with E-state index >= 15 is 0 Å². The molecule has 0 radical (unpaired) electrons. The molecule has 5 aliphatic rings. The minimum absolute atomic E-state index is 0.444. The number of nitrogens with one attached hydrogen (secondary N) is 1. The Morgan fingerprint density at radius 2 is 0.912 bits per heavy atom. The molecule has 8 aromatic rings. The average Bonchev–Trinajstić information content (AvgIpc) is 4.11. The van der Waals surface area contributed by atoms with Gasteiger partial charge in [0.1, 0.15) is 5.75 Å². The van der Waals surface area contributed by atoms with Gasteiger partial charge in [-0.3, -0.25) is 0 Å². The van der Waals surface area contributed by atoms with Gasteiger partial charge in [0, 0.05) is 28.0 Å². The van der Waals surface area contributed by atoms with Crippen molar-refractivity contribution < 1.29 is 4.74 Å². The van der Waals surface area contributed by atoms with E-state index in [0.29, 0.717) is 0 Å². The number of fused-ring (bicyclic) bond motifs is 20. The third-order valence-corrected chi connectivity index (χ3v) is 13.4. The highest BCUT2D eigenvalue weighted by atomic mass is 16.5. The number of aliphatic imine (C=N–C) groups is 1. The lowest BCUT2D eigenvalue weighted by Gasteiger charge is -2.30. The molecule has 0 unspecified atom stereocenters. The van der Waals surface area contributed by atoms with Crippen LogP contribution in [0.4, 0.5) is 0 Å². The van der Waals surface area contributed by atoms with E-state index in [9.17, 15) is 0 Å². The molecule has 13 rings (SSSR count). The molecule has 0 amide bonds. The molecule has 0 atom stereocenters. The van der Waals surface area contributed by atoms with Crippen molar-refractivity contribution in [1.82, 2.24) is 4.98 Å². The predicted octanol–water partition coefficient (Wildman–Crippen LogP) is 11.9. The molecule has 2 heterocycles. The van der Waals surface area contributed by atoms with E-state index < -0.39 is 10.8 Å². The molecule has 1 N–H and O–H groups in total. The number of ether oxygens (including phenoxy) is 1. The van der Waals surface area contributed by atoms with Gasteiger partial charge in [-0.15, -0.1) is 0 Å². The lowest BCUT2D eigenvalue weighted by molar-refractivity contribution is 0.415. The Hall–Kier alpha value is -7.23. The number of nitrogens with zero attached hydrogens (tertiary/aromatic N) is 1. The van der Waals surface area contributed by atoms with Crippen LogP contribution < -0.4 is 4.74 Å². The van der Waals surface area contributed by atoms with Crippen LogP contribution in [0.2, 0.25) is 0 Å². The van der Waals surface area contributed by atoms with Gasteiger partial charge in [0.05, 0.1) is 35.0 Å². The molecule has 4 aliphatic carbocycles. The molecule has 266 valence electrons. The van der Waals surface area contributed by atoms with Crippen molar-refractivity contribution in [3.8, 4) is 39.3 Å². The van der Waals surface area contributed by atoms with Crippen molar-refractivity contribution in [2.24, 2.45) is 4.99 Å². The van der Waals surface area contributed by atoms with Gasteiger partial charge >= 0.3 is 0 Å². The number of H-pyrrole nitrogens is 1. The fourth-order valence-electron chi connectivity index (χ4n) is 11.3. The molecule has 0 bridgehead atoms. The first-order valence-corrected chi connectivity index (χ1v) is 19.7. The summed E-state index contributed by atoms with van der Waals surface area (Å²) in [5, 5.41) is 0. The van der Waals surface area contributed by atoms with Gasteiger partial charge in [0.25, 0.3) is 0 Å². The molecule has 3 heteroatoms. The molecular weight excluding hydrogens is 693 g/mol. The second kappa shape index (κ2) is 11.0. The minimum Gasteiger partial charge on any atom is -0.497 e. The van der Waals surface area contributed by atoms with E-state index in [1.807, 2.05) is 0 Å². The fraction of sp³-hybridized carbons (Fsp3) is 0.0556. The lowest BCUT2D eigenvalue weighted by Crippen LogP contribution is -2.26. The Balaban J connectivity index is 1.11. The SMILES string of the molecule is COc1ccc(/C(=C2/C=C3C(=N2)c2ccccc2C32c3ccccc3-c3ccccc32)c2cc3c([nH]2)-c2ccccc2C32c3ccccc3-c3ccccc32)cc1. The first kappa shape index (κ1) is 31.0. The van der Waals surface area contributed by atoms with Gasteiger partial charge in [-0.25, -0.2) is 4.99 Å². The molecule has 7 aromatic carbocycles. The summed E-state index contributed by atoms with van der Waals surface area (Å²) in [6.45, 7) is 0. The van der Waals surface area contributed by atoms with Crippen LogP contribution in [-0.2, 0) is 10.8 Å². The van der Waals surface area contributed by atoms with E-state index in [0.717, 1.165) is 39.7 Å². The summed E-state index contributed by atoms with van der Waals surface area (Å²) in [6, 6.07) is 64.6. The maximum Gasteiger partial charge on any atom is 0.118 e. The maximum atomic E-state index is 5.69. The number of allylic oxidation sites excluding steroid dienone is 2. The Labute approximate surface area is 331 Å². The van der Waals surface area contributed by atoms with E-state index in [2.05, 4.69) is 187 Å². The molecule has 2 spiro atoms. The number of aromatic amines is 1. The molecule has 57 heavy (non-hydrogen) atoms. The largest absolute Gasteiger partial charge is 0.497 e. The van der Waals surface area contributed by atoms with Crippen LogP contribution in [0.25, 0.3) is 39.1 Å². The van der Waals surface area contributed by atoms with Crippen LogP contribution in [0.5, 0.6) is 5.75 Å². The second-order valence-corrected chi connectivity index (χ2v) is 15.8. The summed E-state index contributed by atoms with van der Waals surface area (Å²) >= 11 is 0. The first-order chi connectivity index (χ1) is 28.2. The van der Waals surface area contributed by atoms with Gasteiger partial charge in [-0.1, -0.05) is 158 Å². The predicted molar refractivity (Wildman–Crippen MR) is 229 cm³/mol. The highest BCUT2D eigenvalue weighted by molar-refractivity contribution is 6.24. The Kier molecular flexibility index (Phi) is 5.97. The molecule has 0 saturated carbocycles. The number of benzene rings is 7. The number of rotatable bonds is 3. The van der Waals surface area contributed by atoms with E-state index in [1.165, 1.54) is 77.9 Å². The standard InChI is InChI=1S/C54H34N2O/c1-57-33-28-26-32(27-29-33)50(48-30-46-51(55-48)38-18-6-12-24-44(38)53(46)40-20-8-2-14-34(40)35-15-3-9-21-41(35)53)49-31-47-52(56-49)39-19-7-13-25-45(39)54(47)42-22-10-4-16-36(42)37-17-5-11-23-43(37)54/h2-31,55H,1H3/b50-49+. The molecule has 1 aromatic heterocycles. The van der Waals surface area contributed by atoms with Gasteiger partial charge in [-0.05, 0) is 91.0 Å². The maximum absolute atomic E-state index is 5.69. The highest BCUT2D eigenvalue weighted by Gasteiger charge is 2.56. The van der Waals surface area contributed by atoms with E-state index in [-0.39, 0.29) is 0 Å². The monoisotopic (exact) mass is 726 g/mol. The lowest BCUT2D eigenvalue weighted by atomic mass is 9.70. The summed E-state index contributed by atoms with van der Waals surface area (Å²) in [4.78, 5) is 9.75. The van der Waals surface area contributed by atoms with Crippen molar-refractivity contribution in [3.05, 3.63) is 249 Å². The minimum atomic E-state index is -0.465. The van der Waals surface area contributed by atoms with Crippen LogP contribution in [0, 0.1) is 0 Å². The van der Waals surface area contributed by atoms with E-state index in [1.54, 1.807) is 7.11 Å². The van der Waals surface area contributed by atoms with Crippen molar-refractivity contribution in [2.45, 2.75) is 10.8 Å². The van der Waals surface area contributed by atoms with Crippen LogP contribution in [0.3, 0.4) is 0 Å². The van der Waals surface area contributed by atoms with Crippen LogP contribution in [-0.4, -0.2) is 17.8 Å². The van der Waals surface area contributed by atoms with E-state index in [4.69, 9.17) is 9.73 Å². The number of hydrogen-bond acceptors (Lipinski definition) is 2. The molecule has 3 nitrogen and oxygen atoms in total. The number of methoxy groups -OCH3 is 1. The summed E-state index contributed by atoms with van der Waals surface area (Å²) in [6.07, 6.45) is 2.39. The Bertz CT molecular complexity index is 3080. The van der Waals surface area contributed by atoms with Crippen molar-refractivity contribution in [3.63, 3.8) is 0 Å². The third-order valence-electron chi connectivity index (χ3n) is 13.4. The zero-order chi connectivity index (χ0) is 37.5. The third kappa shape index (κ3) is 3.66. The smallest absolute Gasteiger partial charge is 0.118 e. The number of hydrogen-bond donors (Lipinski definition) is 1. The zero-order valence-electron chi connectivity index (χ0n) is 31.2. The first-order valence-electron chi connectivity index (χ1n) is 19.7. The van der Waals surface area contributed by atoms with Crippen LogP contribution in [0.1, 0.15) is 55.8 Å². The van der Waals surface area contributed by atoms with Crippen LogP contribution in [0.15, 0.2) is 198 Å². The summed E-state index contributed by atoms with van der Waals surface area (Å²) in [5.74, 6) is 0.823. The molecule has 1 aliphatic heterocycles. The Morgan fingerprint density at radius 3 is 1.44 bits per heavy atom.